The molecular weight excluding hydrogens is 351 g/mol. The van der Waals surface area contributed by atoms with Crippen LogP contribution in [0.1, 0.15) is 36.5 Å². The second-order valence-corrected chi connectivity index (χ2v) is 7.51. The zero-order valence-electron chi connectivity index (χ0n) is 10.7. The van der Waals surface area contributed by atoms with E-state index in [9.17, 15) is 17.6 Å². The van der Waals surface area contributed by atoms with Gasteiger partial charge in [-0.25, -0.2) is 17.9 Å². The van der Waals surface area contributed by atoms with Crippen LogP contribution in [-0.2, 0) is 10.0 Å². The van der Waals surface area contributed by atoms with Gasteiger partial charge in [-0.15, -0.1) is 0 Å². The van der Waals surface area contributed by atoms with Crippen molar-refractivity contribution >= 4 is 31.9 Å². The fourth-order valence-electron chi connectivity index (χ4n) is 2.08. The molecule has 0 aliphatic heterocycles. The van der Waals surface area contributed by atoms with Crippen molar-refractivity contribution in [1.82, 2.24) is 5.32 Å². The summed E-state index contributed by atoms with van der Waals surface area (Å²) in [5.74, 6) is -1.36. The maximum atomic E-state index is 13.7. The molecule has 110 valence electrons. The number of nitrogens with one attached hydrogen (secondary N) is 1. The van der Waals surface area contributed by atoms with Crippen molar-refractivity contribution < 1.29 is 17.6 Å². The van der Waals surface area contributed by atoms with Gasteiger partial charge in [0.1, 0.15) is 5.82 Å². The Morgan fingerprint density at radius 3 is 2.50 bits per heavy atom. The molecule has 1 aliphatic carbocycles. The van der Waals surface area contributed by atoms with Gasteiger partial charge in [0.2, 0.25) is 10.0 Å². The van der Waals surface area contributed by atoms with Gasteiger partial charge in [0, 0.05) is 11.1 Å². The summed E-state index contributed by atoms with van der Waals surface area (Å²) in [7, 11) is -4.11. The number of halogens is 2. The van der Waals surface area contributed by atoms with Crippen molar-refractivity contribution in [2.75, 3.05) is 0 Å². The summed E-state index contributed by atoms with van der Waals surface area (Å²) in [5.41, 5.74) is -0.370. The molecule has 0 aromatic heterocycles. The van der Waals surface area contributed by atoms with Crippen LogP contribution in [0.25, 0.3) is 0 Å². The molecular formula is C12H14BrFN2O3S. The van der Waals surface area contributed by atoms with Gasteiger partial charge in [0.25, 0.3) is 5.91 Å². The molecule has 3 N–H and O–H groups in total. The van der Waals surface area contributed by atoms with Crippen LogP contribution < -0.4 is 10.5 Å². The number of hydrogen-bond acceptors (Lipinski definition) is 3. The lowest BCUT2D eigenvalue weighted by atomic mass is 9.78. The van der Waals surface area contributed by atoms with E-state index in [0.717, 1.165) is 31.4 Å². The SMILES string of the molecule is CC1(NC(=O)c2cc(F)c(Br)c(S(N)(=O)=O)c2)CCC1. The predicted octanol–water partition coefficient (Wildman–Crippen LogP) is 1.91. The highest BCUT2D eigenvalue weighted by atomic mass is 79.9. The third-order valence-electron chi connectivity index (χ3n) is 3.44. The third kappa shape index (κ3) is 3.02. The molecule has 0 unspecified atom stereocenters. The first-order valence-corrected chi connectivity index (χ1v) is 8.31. The quantitative estimate of drug-likeness (QED) is 0.858. The van der Waals surface area contributed by atoms with Crippen molar-refractivity contribution in [3.05, 3.63) is 28.0 Å². The number of sulfonamides is 1. The van der Waals surface area contributed by atoms with Crippen LogP contribution >= 0.6 is 15.9 Å². The summed E-state index contributed by atoms with van der Waals surface area (Å²) < 4.78 is 36.2. The van der Waals surface area contributed by atoms with Gasteiger partial charge in [-0.2, -0.15) is 0 Å². The van der Waals surface area contributed by atoms with E-state index in [2.05, 4.69) is 21.2 Å². The number of nitrogens with two attached hydrogens (primary N) is 1. The molecule has 0 bridgehead atoms. The molecule has 2 rings (SSSR count). The second-order valence-electron chi connectivity index (χ2n) is 5.18. The van der Waals surface area contributed by atoms with E-state index in [4.69, 9.17) is 5.14 Å². The minimum atomic E-state index is -4.11. The van der Waals surface area contributed by atoms with Crippen LogP contribution in [0.2, 0.25) is 0 Å². The lowest BCUT2D eigenvalue weighted by Crippen LogP contribution is -2.50. The molecule has 20 heavy (non-hydrogen) atoms. The Morgan fingerprint density at radius 1 is 1.45 bits per heavy atom. The Morgan fingerprint density at radius 2 is 2.05 bits per heavy atom. The number of rotatable bonds is 3. The number of carbonyl (C=O) groups is 1. The van der Waals surface area contributed by atoms with E-state index >= 15 is 0 Å². The van der Waals surface area contributed by atoms with E-state index in [1.54, 1.807) is 0 Å². The summed E-state index contributed by atoms with van der Waals surface area (Å²) in [4.78, 5) is 11.6. The van der Waals surface area contributed by atoms with Crippen LogP contribution in [0.5, 0.6) is 0 Å². The Bertz CT molecular complexity index is 672. The summed E-state index contributed by atoms with van der Waals surface area (Å²) in [6, 6.07) is 2.05. The smallest absolute Gasteiger partial charge is 0.251 e. The molecule has 1 aliphatic rings. The van der Waals surface area contributed by atoms with Crippen molar-refractivity contribution in [3.63, 3.8) is 0 Å². The molecule has 1 amide bonds. The fourth-order valence-corrected chi connectivity index (χ4v) is 3.62. The fraction of sp³-hybridized carbons (Fsp3) is 0.417. The largest absolute Gasteiger partial charge is 0.347 e. The van der Waals surface area contributed by atoms with Gasteiger partial charge >= 0.3 is 0 Å². The van der Waals surface area contributed by atoms with Gasteiger partial charge in [0.15, 0.2) is 0 Å². The summed E-state index contributed by atoms with van der Waals surface area (Å²) in [6.07, 6.45) is 2.72. The minimum Gasteiger partial charge on any atom is -0.347 e. The van der Waals surface area contributed by atoms with E-state index in [0.29, 0.717) is 0 Å². The Balaban J connectivity index is 2.38. The summed E-state index contributed by atoms with van der Waals surface area (Å²) in [6.45, 7) is 1.89. The summed E-state index contributed by atoms with van der Waals surface area (Å²) >= 11 is 2.82. The Kier molecular flexibility index (Phi) is 3.92. The normalized spacial score (nSPS) is 17.4. The molecule has 0 radical (unpaired) electrons. The van der Waals surface area contributed by atoms with Crippen molar-refractivity contribution in [3.8, 4) is 0 Å². The molecule has 0 spiro atoms. The molecule has 1 saturated carbocycles. The monoisotopic (exact) mass is 364 g/mol. The zero-order valence-corrected chi connectivity index (χ0v) is 13.1. The zero-order chi connectivity index (χ0) is 15.1. The van der Waals surface area contributed by atoms with Crippen LogP contribution in [0.3, 0.4) is 0 Å². The Hall–Kier alpha value is -0.990. The highest BCUT2D eigenvalue weighted by molar-refractivity contribution is 9.10. The van der Waals surface area contributed by atoms with Gasteiger partial charge < -0.3 is 5.32 Å². The minimum absolute atomic E-state index is 0.0668. The molecule has 0 saturated heterocycles. The molecule has 1 fully saturated rings. The number of amides is 1. The van der Waals surface area contributed by atoms with Crippen LogP contribution in [0.4, 0.5) is 4.39 Å². The number of hydrogen-bond donors (Lipinski definition) is 2. The molecule has 8 heteroatoms. The van der Waals surface area contributed by atoms with Crippen LogP contribution in [0.15, 0.2) is 21.5 Å². The van der Waals surface area contributed by atoms with Crippen molar-refractivity contribution in [2.24, 2.45) is 5.14 Å². The maximum absolute atomic E-state index is 13.7. The first-order chi connectivity index (χ1) is 9.12. The number of benzene rings is 1. The average molecular weight is 365 g/mol. The van der Waals surface area contributed by atoms with Crippen LogP contribution in [-0.4, -0.2) is 19.9 Å². The van der Waals surface area contributed by atoms with Gasteiger partial charge in [-0.05, 0) is 54.2 Å². The standard InChI is InChI=1S/C12H14BrFN2O3S/c1-12(3-2-4-12)16-11(17)7-5-8(14)10(13)9(6-7)20(15,18)19/h5-6H,2-4H2,1H3,(H,16,17)(H2,15,18,19). The topological polar surface area (TPSA) is 89.3 Å². The lowest BCUT2D eigenvalue weighted by molar-refractivity contribution is 0.0849. The first kappa shape index (κ1) is 15.4. The van der Waals surface area contributed by atoms with Crippen molar-refractivity contribution in [1.29, 1.82) is 0 Å². The molecule has 1 aromatic carbocycles. The number of carbonyl (C=O) groups excluding carboxylic acids is 1. The molecule has 0 atom stereocenters. The molecule has 0 heterocycles. The molecule has 5 nitrogen and oxygen atoms in total. The highest BCUT2D eigenvalue weighted by Gasteiger charge is 2.33. The second kappa shape index (κ2) is 5.09. The van der Waals surface area contributed by atoms with Gasteiger partial charge in [0.05, 0.1) is 9.37 Å². The third-order valence-corrected chi connectivity index (χ3v) is 5.44. The Labute approximate surface area is 124 Å². The first-order valence-electron chi connectivity index (χ1n) is 5.97. The van der Waals surface area contributed by atoms with E-state index < -0.39 is 26.6 Å². The van der Waals surface area contributed by atoms with E-state index in [1.165, 1.54) is 0 Å². The summed E-state index contributed by atoms with van der Waals surface area (Å²) in [5, 5.41) is 7.78. The lowest BCUT2D eigenvalue weighted by Gasteiger charge is -2.39. The van der Waals surface area contributed by atoms with E-state index in [-0.39, 0.29) is 15.6 Å². The van der Waals surface area contributed by atoms with Gasteiger partial charge in [-0.3, -0.25) is 4.79 Å². The number of primary sulfonamides is 1. The molecule has 1 aromatic rings. The average Bonchev–Trinajstić information content (AvgIpc) is 2.28. The maximum Gasteiger partial charge on any atom is 0.251 e. The predicted molar refractivity (Wildman–Crippen MR) is 75.2 cm³/mol. The van der Waals surface area contributed by atoms with E-state index in [1.807, 2.05) is 6.92 Å². The van der Waals surface area contributed by atoms with Crippen LogP contribution in [0, 0.1) is 5.82 Å². The van der Waals surface area contributed by atoms with Crippen molar-refractivity contribution in [2.45, 2.75) is 36.6 Å². The van der Waals surface area contributed by atoms with Gasteiger partial charge in [-0.1, -0.05) is 0 Å². The highest BCUT2D eigenvalue weighted by Crippen LogP contribution is 2.32.